The molecule has 92 valence electrons. The van der Waals surface area contributed by atoms with Gasteiger partial charge < -0.3 is 25.3 Å². The Labute approximate surface area is 92.3 Å². The lowest BCUT2D eigenvalue weighted by Gasteiger charge is -2.11. The fourth-order valence-electron chi connectivity index (χ4n) is 0.587. The molecule has 0 aliphatic rings. The van der Waals surface area contributed by atoms with Crippen LogP contribution < -0.4 is 11.1 Å². The van der Waals surface area contributed by atoms with E-state index in [1.165, 1.54) is 0 Å². The Morgan fingerprint density at radius 1 is 1.33 bits per heavy atom. The molecule has 0 rings (SSSR count). The van der Waals surface area contributed by atoms with Crippen molar-refractivity contribution in [2.75, 3.05) is 27.8 Å². The summed E-state index contributed by atoms with van der Waals surface area (Å²) >= 11 is 0. The van der Waals surface area contributed by atoms with Crippen molar-refractivity contribution in [1.29, 1.82) is 0 Å². The van der Waals surface area contributed by atoms with E-state index in [1.54, 1.807) is 14.2 Å². The van der Waals surface area contributed by atoms with E-state index in [4.69, 9.17) is 15.2 Å². The number of methoxy groups -OCH3 is 2. The van der Waals surface area contributed by atoms with E-state index in [2.05, 4.69) is 5.32 Å². The summed E-state index contributed by atoms with van der Waals surface area (Å²) in [7, 11) is 5.09. The Morgan fingerprint density at radius 2 is 1.80 bits per heavy atom. The SMILES string of the molecule is CC(C)C(N)C=O.CNCC(OC)OC. The summed E-state index contributed by atoms with van der Waals surface area (Å²) in [4.78, 5) is 9.82. The molecule has 0 amide bonds. The van der Waals surface area contributed by atoms with Crippen LogP contribution in [-0.4, -0.2) is 46.4 Å². The standard InChI is InChI=1S/C5H13NO2.C5H11NO/c1-6-4-5(7-2)8-3;1-4(2)5(6)3-7/h5-6H,4H2,1-3H3;3-5H,6H2,1-2H3. The van der Waals surface area contributed by atoms with Crippen LogP contribution in [0.3, 0.4) is 0 Å². The number of carbonyl (C=O) groups excluding carboxylic acids is 1. The van der Waals surface area contributed by atoms with Crippen LogP contribution in [0, 0.1) is 5.92 Å². The minimum Gasteiger partial charge on any atom is -0.355 e. The molecule has 0 aliphatic carbocycles. The van der Waals surface area contributed by atoms with Crippen molar-refractivity contribution >= 4 is 6.29 Å². The molecule has 5 nitrogen and oxygen atoms in total. The molecule has 0 radical (unpaired) electrons. The van der Waals surface area contributed by atoms with Crippen molar-refractivity contribution in [3.63, 3.8) is 0 Å². The van der Waals surface area contributed by atoms with Crippen LogP contribution in [-0.2, 0) is 14.3 Å². The van der Waals surface area contributed by atoms with Crippen molar-refractivity contribution in [2.45, 2.75) is 26.2 Å². The van der Waals surface area contributed by atoms with Gasteiger partial charge in [0.2, 0.25) is 0 Å². The molecule has 0 saturated carbocycles. The number of nitrogens with two attached hydrogens (primary N) is 1. The lowest BCUT2D eigenvalue weighted by Crippen LogP contribution is -2.27. The molecule has 15 heavy (non-hydrogen) atoms. The first-order valence-electron chi connectivity index (χ1n) is 4.94. The summed E-state index contributed by atoms with van der Waals surface area (Å²) in [5, 5.41) is 2.92. The summed E-state index contributed by atoms with van der Waals surface area (Å²) in [5.74, 6) is 0.275. The van der Waals surface area contributed by atoms with Gasteiger partial charge in [-0.05, 0) is 13.0 Å². The second-order valence-electron chi connectivity index (χ2n) is 3.42. The Morgan fingerprint density at radius 3 is 1.87 bits per heavy atom. The smallest absolute Gasteiger partial charge is 0.169 e. The number of hydrogen-bond donors (Lipinski definition) is 2. The highest BCUT2D eigenvalue weighted by molar-refractivity contribution is 5.57. The molecular weight excluding hydrogens is 196 g/mol. The second-order valence-corrected chi connectivity index (χ2v) is 3.42. The van der Waals surface area contributed by atoms with E-state index in [0.717, 1.165) is 12.8 Å². The Kier molecular flexibility index (Phi) is 13.1. The lowest BCUT2D eigenvalue weighted by atomic mass is 10.1. The minimum absolute atomic E-state index is 0.111. The zero-order valence-electron chi connectivity index (χ0n) is 10.3. The summed E-state index contributed by atoms with van der Waals surface area (Å²) in [6.07, 6.45) is 0.657. The van der Waals surface area contributed by atoms with Gasteiger partial charge in [-0.25, -0.2) is 0 Å². The number of carbonyl (C=O) groups is 1. The van der Waals surface area contributed by atoms with Gasteiger partial charge in [0.05, 0.1) is 6.04 Å². The number of nitrogens with one attached hydrogen (secondary N) is 1. The number of hydrogen-bond acceptors (Lipinski definition) is 5. The normalized spacial score (nSPS) is 12.3. The molecule has 5 heteroatoms. The number of aldehydes is 1. The maximum absolute atomic E-state index is 9.82. The van der Waals surface area contributed by atoms with E-state index in [9.17, 15) is 4.79 Å². The molecule has 0 saturated heterocycles. The highest BCUT2D eigenvalue weighted by atomic mass is 16.7. The van der Waals surface area contributed by atoms with Crippen LogP contribution in [0.25, 0.3) is 0 Å². The first kappa shape index (κ1) is 16.9. The largest absolute Gasteiger partial charge is 0.355 e. The minimum atomic E-state index is -0.278. The van der Waals surface area contributed by atoms with E-state index >= 15 is 0 Å². The van der Waals surface area contributed by atoms with Gasteiger partial charge in [0.15, 0.2) is 6.29 Å². The van der Waals surface area contributed by atoms with Crippen molar-refractivity contribution in [3.8, 4) is 0 Å². The molecule has 0 aromatic heterocycles. The van der Waals surface area contributed by atoms with Crippen LogP contribution in [0.2, 0.25) is 0 Å². The molecule has 0 heterocycles. The third-order valence-corrected chi connectivity index (χ3v) is 1.82. The maximum Gasteiger partial charge on any atom is 0.169 e. The van der Waals surface area contributed by atoms with Gasteiger partial charge in [-0.2, -0.15) is 0 Å². The molecule has 0 aromatic carbocycles. The Balaban J connectivity index is 0. The molecule has 1 unspecified atom stereocenters. The first-order valence-corrected chi connectivity index (χ1v) is 4.94. The van der Waals surface area contributed by atoms with Gasteiger partial charge in [0, 0.05) is 20.8 Å². The van der Waals surface area contributed by atoms with Gasteiger partial charge in [-0.15, -0.1) is 0 Å². The highest BCUT2D eigenvalue weighted by Gasteiger charge is 2.02. The molecular formula is C10H24N2O3. The highest BCUT2D eigenvalue weighted by Crippen LogP contribution is 1.92. The van der Waals surface area contributed by atoms with Gasteiger partial charge >= 0.3 is 0 Å². The number of ether oxygens (including phenoxy) is 2. The monoisotopic (exact) mass is 220 g/mol. The average molecular weight is 220 g/mol. The first-order chi connectivity index (χ1) is 7.03. The van der Waals surface area contributed by atoms with Crippen LogP contribution in [0.4, 0.5) is 0 Å². The predicted molar refractivity (Wildman–Crippen MR) is 60.6 cm³/mol. The van der Waals surface area contributed by atoms with E-state index in [-0.39, 0.29) is 18.2 Å². The van der Waals surface area contributed by atoms with Crippen molar-refractivity contribution in [1.82, 2.24) is 5.32 Å². The number of rotatable bonds is 6. The molecule has 1 atom stereocenters. The zero-order chi connectivity index (χ0) is 12.3. The molecule has 3 N–H and O–H groups in total. The van der Waals surface area contributed by atoms with E-state index in [0.29, 0.717) is 0 Å². The van der Waals surface area contributed by atoms with Gasteiger partial charge in [0.25, 0.3) is 0 Å². The van der Waals surface area contributed by atoms with Gasteiger partial charge in [-0.1, -0.05) is 13.8 Å². The average Bonchev–Trinajstić information content (AvgIpc) is 2.25. The van der Waals surface area contributed by atoms with E-state index < -0.39 is 0 Å². The fourth-order valence-corrected chi connectivity index (χ4v) is 0.587. The Bertz CT molecular complexity index is 139. The third kappa shape index (κ3) is 11.4. The predicted octanol–water partition coefficient (Wildman–Crippen LogP) is -0.00670. The second kappa shape index (κ2) is 11.6. The van der Waals surface area contributed by atoms with Crippen LogP contribution >= 0.6 is 0 Å². The maximum atomic E-state index is 9.82. The van der Waals surface area contributed by atoms with Crippen LogP contribution in [0.5, 0.6) is 0 Å². The molecule has 0 aromatic rings. The summed E-state index contributed by atoms with van der Waals surface area (Å²) < 4.78 is 9.71. The fraction of sp³-hybridized carbons (Fsp3) is 0.900. The third-order valence-electron chi connectivity index (χ3n) is 1.82. The van der Waals surface area contributed by atoms with E-state index in [1.807, 2.05) is 20.9 Å². The van der Waals surface area contributed by atoms with Crippen LogP contribution in [0.1, 0.15) is 13.8 Å². The summed E-state index contributed by atoms with van der Waals surface area (Å²) in [5.41, 5.74) is 5.25. The van der Waals surface area contributed by atoms with Crippen molar-refractivity contribution < 1.29 is 14.3 Å². The molecule has 0 spiro atoms. The number of likely N-dealkylation sites (N-methyl/N-ethyl adjacent to an activating group) is 1. The quantitative estimate of drug-likeness (QED) is 0.486. The summed E-state index contributed by atoms with van der Waals surface area (Å²) in [6.45, 7) is 4.56. The lowest BCUT2D eigenvalue weighted by molar-refractivity contribution is -0.109. The van der Waals surface area contributed by atoms with Crippen molar-refractivity contribution in [3.05, 3.63) is 0 Å². The molecule has 0 bridgehead atoms. The topological polar surface area (TPSA) is 73.6 Å². The van der Waals surface area contributed by atoms with Crippen LogP contribution in [0.15, 0.2) is 0 Å². The zero-order valence-corrected chi connectivity index (χ0v) is 10.3. The molecule has 0 aliphatic heterocycles. The van der Waals surface area contributed by atoms with Gasteiger partial charge in [-0.3, -0.25) is 0 Å². The van der Waals surface area contributed by atoms with Gasteiger partial charge in [0.1, 0.15) is 6.29 Å². The Hall–Kier alpha value is -0.490. The summed E-state index contributed by atoms with van der Waals surface area (Å²) in [6, 6.07) is -0.278. The molecule has 0 fully saturated rings. The van der Waals surface area contributed by atoms with Crippen molar-refractivity contribution in [2.24, 2.45) is 11.7 Å².